The zero-order valence-corrected chi connectivity index (χ0v) is 9.62. The van der Waals surface area contributed by atoms with Crippen LogP contribution in [-0.2, 0) is 11.2 Å². The summed E-state index contributed by atoms with van der Waals surface area (Å²) < 4.78 is 5.30. The summed E-state index contributed by atoms with van der Waals surface area (Å²) in [6.45, 7) is 7.31. The number of rotatable bonds is 4. The Morgan fingerprint density at radius 2 is 2.50 bits per heavy atom. The second-order valence-corrected chi connectivity index (χ2v) is 3.97. The normalized spacial score (nSPS) is 20.7. The molecule has 1 aliphatic heterocycles. The molecular weight excluding hydrogens is 200 g/mol. The Hall–Kier alpha value is -1.32. The number of hydrogen-bond donors (Lipinski definition) is 2. The molecule has 0 aliphatic carbocycles. The molecule has 0 aromatic carbocycles. The van der Waals surface area contributed by atoms with Crippen LogP contribution in [0.2, 0.25) is 0 Å². The number of aromatic nitrogens is 1. The number of aromatic amines is 1. The molecule has 0 amide bonds. The molecule has 1 unspecified atom stereocenters. The van der Waals surface area contributed by atoms with Crippen LogP contribution in [0.3, 0.4) is 0 Å². The maximum absolute atomic E-state index is 5.30. The molecule has 1 fully saturated rings. The van der Waals surface area contributed by atoms with Gasteiger partial charge in [-0.2, -0.15) is 0 Å². The van der Waals surface area contributed by atoms with Gasteiger partial charge in [0.25, 0.3) is 0 Å². The molecule has 1 aromatic rings. The van der Waals surface area contributed by atoms with Gasteiger partial charge in [-0.15, -0.1) is 0 Å². The molecule has 1 aromatic heterocycles. The second-order valence-electron chi connectivity index (χ2n) is 3.97. The highest BCUT2D eigenvalue weighted by Gasteiger charge is 2.17. The van der Waals surface area contributed by atoms with E-state index in [0.29, 0.717) is 12.8 Å². The van der Waals surface area contributed by atoms with E-state index in [9.17, 15) is 0 Å². The third-order valence-corrected chi connectivity index (χ3v) is 2.83. The van der Waals surface area contributed by atoms with Crippen molar-refractivity contribution in [2.24, 2.45) is 0 Å². The van der Waals surface area contributed by atoms with E-state index in [2.05, 4.69) is 35.2 Å². The first-order valence-electron chi connectivity index (χ1n) is 5.61. The average Bonchev–Trinajstić information content (AvgIpc) is 2.91. The lowest BCUT2D eigenvalue weighted by molar-refractivity contribution is 0.189. The van der Waals surface area contributed by atoms with Crippen LogP contribution in [-0.4, -0.2) is 24.4 Å². The lowest BCUT2D eigenvalue weighted by atomic mass is 10.0. The van der Waals surface area contributed by atoms with Crippen LogP contribution in [0, 0.1) is 0 Å². The summed E-state index contributed by atoms with van der Waals surface area (Å²) >= 11 is 0. The molecule has 0 radical (unpaired) electrons. The summed E-state index contributed by atoms with van der Waals surface area (Å²) in [7, 11) is 0. The van der Waals surface area contributed by atoms with Crippen LogP contribution < -0.4 is 5.32 Å². The molecule has 2 N–H and O–H groups in total. The lowest BCUT2D eigenvalue weighted by Gasteiger charge is -2.07. The van der Waals surface area contributed by atoms with Crippen LogP contribution in [0.4, 0.5) is 0 Å². The van der Waals surface area contributed by atoms with Crippen molar-refractivity contribution in [1.82, 2.24) is 10.3 Å². The molecule has 0 bridgehead atoms. The van der Waals surface area contributed by atoms with Crippen LogP contribution in [0.1, 0.15) is 23.7 Å². The molecule has 3 nitrogen and oxygen atoms in total. The van der Waals surface area contributed by atoms with E-state index >= 15 is 0 Å². The van der Waals surface area contributed by atoms with Crippen molar-refractivity contribution in [1.29, 1.82) is 0 Å². The van der Waals surface area contributed by atoms with Gasteiger partial charge in [-0.1, -0.05) is 18.7 Å². The Balaban J connectivity index is 2.18. The Morgan fingerprint density at radius 3 is 3.12 bits per heavy atom. The van der Waals surface area contributed by atoms with Gasteiger partial charge in [0.05, 0.1) is 13.3 Å². The SMILES string of the molecule is C=Cc1[nH]cc(CC2COCN2)c1/C=C\C. The van der Waals surface area contributed by atoms with Crippen molar-refractivity contribution < 1.29 is 4.74 Å². The summed E-state index contributed by atoms with van der Waals surface area (Å²) in [4.78, 5) is 3.24. The number of ether oxygens (including phenoxy) is 1. The van der Waals surface area contributed by atoms with Crippen molar-refractivity contribution in [3.05, 3.63) is 35.7 Å². The Bertz CT molecular complexity index is 387. The molecule has 16 heavy (non-hydrogen) atoms. The molecule has 2 rings (SSSR count). The molecule has 0 spiro atoms. The first-order valence-corrected chi connectivity index (χ1v) is 5.61. The summed E-state index contributed by atoms with van der Waals surface area (Å²) in [6, 6.07) is 0.428. The topological polar surface area (TPSA) is 37.0 Å². The van der Waals surface area contributed by atoms with E-state index < -0.39 is 0 Å². The molecule has 0 saturated carbocycles. The lowest BCUT2D eigenvalue weighted by Crippen LogP contribution is -2.26. The van der Waals surface area contributed by atoms with Crippen LogP contribution >= 0.6 is 0 Å². The minimum Gasteiger partial charge on any atom is -0.365 e. The van der Waals surface area contributed by atoms with E-state index in [4.69, 9.17) is 4.74 Å². The van der Waals surface area contributed by atoms with Gasteiger partial charge in [-0.05, 0) is 25.0 Å². The van der Waals surface area contributed by atoms with Gasteiger partial charge in [-0.3, -0.25) is 5.32 Å². The molecular formula is C13H18N2O. The highest BCUT2D eigenvalue weighted by molar-refractivity contribution is 5.65. The van der Waals surface area contributed by atoms with E-state index in [1.807, 2.05) is 13.0 Å². The number of H-pyrrole nitrogens is 1. The number of nitrogens with one attached hydrogen (secondary N) is 2. The van der Waals surface area contributed by atoms with Gasteiger partial charge in [0.2, 0.25) is 0 Å². The maximum Gasteiger partial charge on any atom is 0.0969 e. The first kappa shape index (κ1) is 11.2. The van der Waals surface area contributed by atoms with Crippen molar-refractivity contribution in [3.63, 3.8) is 0 Å². The fraction of sp³-hybridized carbons (Fsp3) is 0.385. The minimum atomic E-state index is 0.428. The minimum absolute atomic E-state index is 0.428. The largest absolute Gasteiger partial charge is 0.365 e. The monoisotopic (exact) mass is 218 g/mol. The highest BCUT2D eigenvalue weighted by Crippen LogP contribution is 2.19. The van der Waals surface area contributed by atoms with E-state index in [-0.39, 0.29) is 0 Å². The highest BCUT2D eigenvalue weighted by atomic mass is 16.5. The van der Waals surface area contributed by atoms with Crippen LogP contribution in [0.25, 0.3) is 12.2 Å². The van der Waals surface area contributed by atoms with Crippen molar-refractivity contribution in [3.8, 4) is 0 Å². The van der Waals surface area contributed by atoms with Crippen LogP contribution in [0.15, 0.2) is 18.9 Å². The molecule has 1 atom stereocenters. The van der Waals surface area contributed by atoms with E-state index in [0.717, 1.165) is 18.7 Å². The van der Waals surface area contributed by atoms with Gasteiger partial charge >= 0.3 is 0 Å². The Morgan fingerprint density at radius 1 is 1.62 bits per heavy atom. The van der Waals surface area contributed by atoms with Crippen molar-refractivity contribution in [2.75, 3.05) is 13.3 Å². The van der Waals surface area contributed by atoms with Crippen molar-refractivity contribution >= 4 is 12.2 Å². The fourth-order valence-corrected chi connectivity index (χ4v) is 2.03. The average molecular weight is 218 g/mol. The Labute approximate surface area is 96.2 Å². The molecule has 86 valence electrons. The van der Waals surface area contributed by atoms with E-state index in [1.54, 1.807) is 0 Å². The predicted octanol–water partition coefficient (Wildman–Crippen LogP) is 2.18. The molecule has 1 saturated heterocycles. The summed E-state index contributed by atoms with van der Waals surface area (Å²) in [5, 5.41) is 3.32. The van der Waals surface area contributed by atoms with Gasteiger partial charge in [0.15, 0.2) is 0 Å². The standard InChI is InChI=1S/C13H18N2O/c1-3-5-12-10(7-14-13(12)4-2)6-11-8-16-9-15-11/h3-5,7,11,14-15H,2,6,8-9H2,1H3/b5-3-. The maximum atomic E-state index is 5.30. The van der Waals surface area contributed by atoms with Gasteiger partial charge < -0.3 is 9.72 Å². The van der Waals surface area contributed by atoms with E-state index in [1.165, 1.54) is 11.1 Å². The summed E-state index contributed by atoms with van der Waals surface area (Å²) in [5.41, 5.74) is 3.65. The number of hydrogen-bond acceptors (Lipinski definition) is 2. The Kier molecular flexibility index (Phi) is 3.59. The second kappa shape index (κ2) is 5.14. The van der Waals surface area contributed by atoms with Crippen molar-refractivity contribution in [2.45, 2.75) is 19.4 Å². The van der Waals surface area contributed by atoms with Gasteiger partial charge in [0.1, 0.15) is 0 Å². The number of allylic oxidation sites excluding steroid dienone is 1. The smallest absolute Gasteiger partial charge is 0.0969 e. The molecule has 1 aliphatic rings. The molecule has 2 heterocycles. The van der Waals surface area contributed by atoms with Gasteiger partial charge in [-0.25, -0.2) is 0 Å². The first-order chi connectivity index (χ1) is 7.85. The third-order valence-electron chi connectivity index (χ3n) is 2.83. The zero-order chi connectivity index (χ0) is 11.4. The summed E-state index contributed by atoms with van der Waals surface area (Å²) in [5.74, 6) is 0. The zero-order valence-electron chi connectivity index (χ0n) is 9.62. The summed E-state index contributed by atoms with van der Waals surface area (Å²) in [6.07, 6.45) is 9.09. The third kappa shape index (κ3) is 2.26. The molecule has 3 heteroatoms. The van der Waals surface area contributed by atoms with Gasteiger partial charge in [0, 0.05) is 23.5 Å². The van der Waals surface area contributed by atoms with Crippen LogP contribution in [0.5, 0.6) is 0 Å². The quantitative estimate of drug-likeness (QED) is 0.812. The predicted molar refractivity (Wildman–Crippen MR) is 67.0 cm³/mol. The fourth-order valence-electron chi connectivity index (χ4n) is 2.03.